The van der Waals surface area contributed by atoms with Crippen LogP contribution in [0.1, 0.15) is 54.9 Å². The molecule has 3 nitrogen and oxygen atoms in total. The van der Waals surface area contributed by atoms with Crippen molar-refractivity contribution in [3.8, 4) is 0 Å². The largest absolute Gasteiger partial charge is 0.238 e. The van der Waals surface area contributed by atoms with Gasteiger partial charge >= 0.3 is 0 Å². The highest BCUT2D eigenvalue weighted by Gasteiger charge is 2.18. The lowest BCUT2D eigenvalue weighted by Gasteiger charge is -2.16. The highest BCUT2D eigenvalue weighted by molar-refractivity contribution is 7.89. The molecule has 19 heavy (non-hydrogen) atoms. The van der Waals surface area contributed by atoms with Crippen molar-refractivity contribution in [3.05, 3.63) is 28.3 Å². The molecule has 0 unspecified atom stereocenters. The van der Waals surface area contributed by atoms with Gasteiger partial charge in [0.2, 0.25) is 10.0 Å². The molecule has 0 aliphatic carbocycles. The van der Waals surface area contributed by atoms with Crippen molar-refractivity contribution in [1.29, 1.82) is 0 Å². The Kier molecular flexibility index (Phi) is 5.56. The Morgan fingerprint density at radius 3 is 2.21 bits per heavy atom. The summed E-state index contributed by atoms with van der Waals surface area (Å²) < 4.78 is 23.5. The van der Waals surface area contributed by atoms with Crippen molar-refractivity contribution < 1.29 is 8.42 Å². The molecule has 0 fully saturated rings. The first-order valence-corrected chi connectivity index (χ1v) is 8.46. The van der Waals surface area contributed by atoms with Crippen LogP contribution < -0.4 is 5.14 Å². The molecular weight excluding hydrogens is 258 g/mol. The average molecular weight is 283 g/mol. The van der Waals surface area contributed by atoms with Gasteiger partial charge in [0.25, 0.3) is 0 Å². The van der Waals surface area contributed by atoms with Crippen LogP contribution in [0.15, 0.2) is 11.0 Å². The first kappa shape index (κ1) is 16.2. The lowest BCUT2D eigenvalue weighted by atomic mass is 9.95. The van der Waals surface area contributed by atoms with E-state index in [9.17, 15) is 8.42 Å². The zero-order valence-corrected chi connectivity index (χ0v) is 13.2. The molecule has 0 bridgehead atoms. The van der Waals surface area contributed by atoms with Crippen molar-refractivity contribution in [2.24, 2.45) is 5.14 Å². The zero-order valence-electron chi connectivity index (χ0n) is 12.4. The van der Waals surface area contributed by atoms with Gasteiger partial charge in [-0.05, 0) is 61.9 Å². The van der Waals surface area contributed by atoms with Crippen LogP contribution in [0.5, 0.6) is 0 Å². The fourth-order valence-electron chi connectivity index (χ4n) is 2.39. The topological polar surface area (TPSA) is 60.2 Å². The van der Waals surface area contributed by atoms with E-state index in [1.807, 2.05) is 20.8 Å². The van der Waals surface area contributed by atoms with Crippen LogP contribution in [-0.4, -0.2) is 8.42 Å². The molecule has 0 aliphatic rings. The molecule has 0 aromatic heterocycles. The number of unbranched alkanes of at least 4 members (excludes halogenated alkanes) is 3. The molecular formula is C15H25NO2S. The molecule has 1 aromatic carbocycles. The number of benzene rings is 1. The Morgan fingerprint density at radius 2 is 1.68 bits per heavy atom. The molecule has 0 radical (unpaired) electrons. The second-order valence-corrected chi connectivity index (χ2v) is 6.81. The Balaban J connectivity index is 3.16. The van der Waals surface area contributed by atoms with E-state index in [1.165, 1.54) is 12.8 Å². The van der Waals surface area contributed by atoms with E-state index in [2.05, 4.69) is 6.92 Å². The van der Waals surface area contributed by atoms with E-state index in [0.717, 1.165) is 41.5 Å². The number of hydrogen-bond donors (Lipinski definition) is 1. The van der Waals surface area contributed by atoms with Gasteiger partial charge in [-0.3, -0.25) is 0 Å². The van der Waals surface area contributed by atoms with Crippen molar-refractivity contribution in [3.63, 3.8) is 0 Å². The number of sulfonamides is 1. The van der Waals surface area contributed by atoms with Crippen LogP contribution in [0.25, 0.3) is 0 Å². The summed E-state index contributed by atoms with van der Waals surface area (Å²) in [6, 6.07) is 1.72. The monoisotopic (exact) mass is 283 g/mol. The van der Waals surface area contributed by atoms with E-state index in [1.54, 1.807) is 6.07 Å². The van der Waals surface area contributed by atoms with E-state index in [4.69, 9.17) is 5.14 Å². The third-order valence-electron chi connectivity index (χ3n) is 3.84. The highest BCUT2D eigenvalue weighted by atomic mass is 32.2. The molecule has 0 aliphatic heterocycles. The van der Waals surface area contributed by atoms with Gasteiger partial charge in [-0.1, -0.05) is 26.2 Å². The Hall–Kier alpha value is -0.870. The van der Waals surface area contributed by atoms with Crippen molar-refractivity contribution in [2.75, 3.05) is 0 Å². The zero-order chi connectivity index (χ0) is 14.6. The number of nitrogens with two attached hydrogens (primary N) is 1. The van der Waals surface area contributed by atoms with Crippen molar-refractivity contribution in [2.45, 2.75) is 64.7 Å². The Morgan fingerprint density at radius 1 is 1.05 bits per heavy atom. The summed E-state index contributed by atoms with van der Waals surface area (Å²) in [6.07, 6.45) is 5.30. The second kappa shape index (κ2) is 6.53. The molecule has 0 spiro atoms. The third-order valence-corrected chi connectivity index (χ3v) is 4.82. The molecule has 4 heteroatoms. The van der Waals surface area contributed by atoms with E-state index in [0.29, 0.717) is 4.90 Å². The van der Waals surface area contributed by atoms with Crippen LogP contribution in [0, 0.1) is 20.8 Å². The van der Waals surface area contributed by atoms with Gasteiger partial charge in [0.05, 0.1) is 4.90 Å². The number of primary sulfonamides is 1. The first-order chi connectivity index (χ1) is 8.79. The standard InChI is InChI=1S/C15H25NO2S/c1-5-6-7-8-9-14-13(4)12(3)11(2)10-15(14)19(16,17)18/h10H,5-9H2,1-4H3,(H2,16,17,18). The molecule has 108 valence electrons. The number of rotatable bonds is 6. The fourth-order valence-corrected chi connectivity index (χ4v) is 3.33. The summed E-state index contributed by atoms with van der Waals surface area (Å²) in [4.78, 5) is 0.310. The SMILES string of the molecule is CCCCCCc1c(S(N)(=O)=O)cc(C)c(C)c1C. The molecule has 0 amide bonds. The van der Waals surface area contributed by atoms with Crippen LogP contribution in [0.4, 0.5) is 0 Å². The summed E-state index contributed by atoms with van der Waals surface area (Å²) in [7, 11) is -3.64. The van der Waals surface area contributed by atoms with Gasteiger partial charge in [0.15, 0.2) is 0 Å². The quantitative estimate of drug-likeness (QED) is 0.814. The third kappa shape index (κ3) is 4.05. The van der Waals surface area contributed by atoms with Gasteiger partial charge < -0.3 is 0 Å². The normalized spacial score (nSPS) is 11.8. The van der Waals surface area contributed by atoms with Crippen LogP contribution >= 0.6 is 0 Å². The molecule has 0 heterocycles. The molecule has 1 aromatic rings. The van der Waals surface area contributed by atoms with E-state index >= 15 is 0 Å². The van der Waals surface area contributed by atoms with Gasteiger partial charge in [-0.2, -0.15) is 0 Å². The fraction of sp³-hybridized carbons (Fsp3) is 0.600. The molecule has 0 saturated heterocycles. The maximum absolute atomic E-state index is 11.7. The van der Waals surface area contributed by atoms with Crippen LogP contribution in [0.2, 0.25) is 0 Å². The molecule has 0 atom stereocenters. The Bertz CT molecular complexity index is 548. The summed E-state index contributed by atoms with van der Waals surface area (Å²) in [5, 5.41) is 5.35. The minimum absolute atomic E-state index is 0.310. The number of hydrogen-bond acceptors (Lipinski definition) is 2. The Labute approximate surface area is 117 Å². The number of aryl methyl sites for hydroxylation is 1. The predicted octanol–water partition coefficient (Wildman–Crippen LogP) is 3.38. The minimum atomic E-state index is -3.64. The van der Waals surface area contributed by atoms with Gasteiger partial charge in [-0.15, -0.1) is 0 Å². The second-order valence-electron chi connectivity index (χ2n) is 5.28. The van der Waals surface area contributed by atoms with Gasteiger partial charge in [0, 0.05) is 0 Å². The minimum Gasteiger partial charge on any atom is -0.225 e. The molecule has 0 saturated carbocycles. The smallest absolute Gasteiger partial charge is 0.225 e. The lowest BCUT2D eigenvalue weighted by molar-refractivity contribution is 0.594. The van der Waals surface area contributed by atoms with E-state index < -0.39 is 10.0 Å². The van der Waals surface area contributed by atoms with Crippen LogP contribution in [-0.2, 0) is 16.4 Å². The average Bonchev–Trinajstić information content (AvgIpc) is 2.32. The summed E-state index contributed by atoms with van der Waals surface area (Å²) >= 11 is 0. The molecule has 2 N–H and O–H groups in total. The predicted molar refractivity (Wildman–Crippen MR) is 79.9 cm³/mol. The summed E-state index contributed by atoms with van der Waals surface area (Å²) in [6.45, 7) is 8.12. The maximum atomic E-state index is 11.7. The van der Waals surface area contributed by atoms with E-state index in [-0.39, 0.29) is 0 Å². The summed E-state index contributed by atoms with van der Waals surface area (Å²) in [5.41, 5.74) is 4.12. The van der Waals surface area contributed by atoms with Gasteiger partial charge in [-0.25, -0.2) is 13.6 Å². The van der Waals surface area contributed by atoms with Crippen LogP contribution in [0.3, 0.4) is 0 Å². The van der Waals surface area contributed by atoms with Gasteiger partial charge in [0.1, 0.15) is 0 Å². The maximum Gasteiger partial charge on any atom is 0.238 e. The molecule has 1 rings (SSSR count). The summed E-state index contributed by atoms with van der Waals surface area (Å²) in [5.74, 6) is 0. The lowest BCUT2D eigenvalue weighted by Crippen LogP contribution is -2.16. The first-order valence-electron chi connectivity index (χ1n) is 6.91. The van der Waals surface area contributed by atoms with Crippen molar-refractivity contribution >= 4 is 10.0 Å². The highest BCUT2D eigenvalue weighted by Crippen LogP contribution is 2.26. The van der Waals surface area contributed by atoms with Crippen molar-refractivity contribution in [1.82, 2.24) is 0 Å².